The van der Waals surface area contributed by atoms with Crippen molar-refractivity contribution in [1.82, 2.24) is 9.80 Å². The monoisotopic (exact) mass is 347 g/mol. The van der Waals surface area contributed by atoms with E-state index in [1.807, 2.05) is 11.0 Å². The van der Waals surface area contributed by atoms with Crippen LogP contribution >= 0.6 is 0 Å². The van der Waals surface area contributed by atoms with Gasteiger partial charge in [-0.25, -0.2) is 4.39 Å². The van der Waals surface area contributed by atoms with Gasteiger partial charge < -0.3 is 15.1 Å². The first-order valence-corrected chi connectivity index (χ1v) is 9.58. The summed E-state index contributed by atoms with van der Waals surface area (Å²) in [6.07, 6.45) is 6.15. The van der Waals surface area contributed by atoms with Gasteiger partial charge in [-0.05, 0) is 76.4 Å². The minimum Gasteiger partial charge on any atom is -0.380 e. The summed E-state index contributed by atoms with van der Waals surface area (Å²) in [5.41, 5.74) is 0.797. The highest BCUT2D eigenvalue weighted by molar-refractivity contribution is 5.76. The zero-order valence-electron chi connectivity index (χ0n) is 15.2. The predicted molar refractivity (Wildman–Crippen MR) is 99.1 cm³/mol. The number of benzene rings is 1. The van der Waals surface area contributed by atoms with Gasteiger partial charge in [-0.3, -0.25) is 4.79 Å². The Morgan fingerprint density at radius 2 is 2.04 bits per heavy atom. The molecule has 0 bridgehead atoms. The first kappa shape index (κ1) is 18.2. The number of carbonyl (C=O) groups excluding carboxylic acids is 1. The summed E-state index contributed by atoms with van der Waals surface area (Å²) < 4.78 is 13.3. The molecule has 1 N–H and O–H groups in total. The highest BCUT2D eigenvalue weighted by Crippen LogP contribution is 2.23. The summed E-state index contributed by atoms with van der Waals surface area (Å²) in [4.78, 5) is 16.9. The minimum atomic E-state index is -0.230. The Bertz CT molecular complexity index is 572. The zero-order valence-corrected chi connectivity index (χ0v) is 15.2. The molecule has 2 heterocycles. The van der Waals surface area contributed by atoms with Gasteiger partial charge >= 0.3 is 0 Å². The zero-order chi connectivity index (χ0) is 17.6. The summed E-state index contributed by atoms with van der Waals surface area (Å²) in [5.74, 6) is 0.752. The molecule has 2 saturated heterocycles. The molecule has 2 aliphatic heterocycles. The van der Waals surface area contributed by atoms with Crippen LogP contribution in [0.15, 0.2) is 24.3 Å². The Hall–Kier alpha value is -1.62. The first-order chi connectivity index (χ1) is 12.1. The van der Waals surface area contributed by atoms with Gasteiger partial charge in [-0.15, -0.1) is 0 Å². The van der Waals surface area contributed by atoms with Crippen LogP contribution in [-0.2, 0) is 4.79 Å². The molecule has 0 radical (unpaired) electrons. The van der Waals surface area contributed by atoms with E-state index in [1.165, 1.54) is 25.0 Å². The van der Waals surface area contributed by atoms with Crippen LogP contribution in [0.3, 0.4) is 0 Å². The third kappa shape index (κ3) is 5.43. The fourth-order valence-corrected chi connectivity index (χ4v) is 3.97. The molecule has 0 spiro atoms. The number of nitrogens with one attached hydrogen (secondary N) is 1. The molecular weight excluding hydrogens is 317 g/mol. The van der Waals surface area contributed by atoms with Crippen LogP contribution in [-0.4, -0.2) is 55.0 Å². The summed E-state index contributed by atoms with van der Waals surface area (Å²) >= 11 is 0. The molecule has 2 fully saturated rings. The number of rotatable bonds is 5. The van der Waals surface area contributed by atoms with Gasteiger partial charge in [0.05, 0.1) is 0 Å². The van der Waals surface area contributed by atoms with Gasteiger partial charge in [0.2, 0.25) is 5.91 Å². The molecule has 2 aliphatic rings. The molecule has 0 saturated carbocycles. The van der Waals surface area contributed by atoms with E-state index in [4.69, 9.17) is 0 Å². The van der Waals surface area contributed by atoms with Crippen LogP contribution in [0.5, 0.6) is 0 Å². The molecule has 1 atom stereocenters. The number of hydrogen-bond acceptors (Lipinski definition) is 3. The van der Waals surface area contributed by atoms with Crippen LogP contribution in [0.2, 0.25) is 0 Å². The second kappa shape index (κ2) is 8.65. The number of nitrogens with zero attached hydrogens (tertiary/aromatic N) is 2. The van der Waals surface area contributed by atoms with Crippen LogP contribution < -0.4 is 5.32 Å². The second-order valence-corrected chi connectivity index (χ2v) is 7.62. The van der Waals surface area contributed by atoms with E-state index in [0.717, 1.165) is 51.1 Å². The van der Waals surface area contributed by atoms with Gasteiger partial charge in [-0.2, -0.15) is 0 Å². The Morgan fingerprint density at radius 3 is 2.80 bits per heavy atom. The van der Waals surface area contributed by atoms with E-state index in [1.54, 1.807) is 6.07 Å². The average Bonchev–Trinajstić information content (AvgIpc) is 2.61. The molecule has 138 valence electrons. The lowest BCUT2D eigenvalue weighted by molar-refractivity contribution is -0.132. The number of piperidine rings is 2. The van der Waals surface area contributed by atoms with Crippen LogP contribution in [0, 0.1) is 11.7 Å². The first-order valence-electron chi connectivity index (χ1n) is 9.58. The van der Waals surface area contributed by atoms with E-state index in [9.17, 15) is 9.18 Å². The Kier molecular flexibility index (Phi) is 6.29. The lowest BCUT2D eigenvalue weighted by atomic mass is 9.92. The third-order valence-electron chi connectivity index (χ3n) is 5.57. The summed E-state index contributed by atoms with van der Waals surface area (Å²) in [5, 5.41) is 3.38. The second-order valence-electron chi connectivity index (χ2n) is 7.62. The van der Waals surface area contributed by atoms with Crippen molar-refractivity contribution in [1.29, 1.82) is 0 Å². The maximum atomic E-state index is 13.3. The van der Waals surface area contributed by atoms with E-state index in [2.05, 4.69) is 17.3 Å². The molecule has 1 aromatic rings. The number of carbonyl (C=O) groups is 1. The van der Waals surface area contributed by atoms with Gasteiger partial charge in [0, 0.05) is 31.2 Å². The molecule has 3 rings (SSSR count). The van der Waals surface area contributed by atoms with Crippen molar-refractivity contribution in [2.24, 2.45) is 5.92 Å². The maximum absolute atomic E-state index is 13.3. The predicted octanol–water partition coefficient (Wildman–Crippen LogP) is 3.35. The van der Waals surface area contributed by atoms with Crippen LogP contribution in [0.25, 0.3) is 0 Å². The molecule has 0 aliphatic carbocycles. The van der Waals surface area contributed by atoms with Crippen molar-refractivity contribution >= 4 is 11.6 Å². The van der Waals surface area contributed by atoms with Crippen molar-refractivity contribution in [3.05, 3.63) is 30.1 Å². The molecule has 5 heteroatoms. The molecule has 1 amide bonds. The molecule has 1 aromatic carbocycles. The highest BCUT2D eigenvalue weighted by Gasteiger charge is 2.25. The molecule has 4 nitrogen and oxygen atoms in total. The van der Waals surface area contributed by atoms with E-state index in [-0.39, 0.29) is 17.8 Å². The fourth-order valence-electron chi connectivity index (χ4n) is 3.97. The SMILES string of the molecule is CN1CCC(CCC(=O)N2CCC[C@H](Nc3cccc(F)c3)C2)CC1. The highest BCUT2D eigenvalue weighted by atomic mass is 19.1. The summed E-state index contributed by atoms with van der Waals surface area (Å²) in [6, 6.07) is 6.77. The Labute approximate surface area is 150 Å². The van der Waals surface area contributed by atoms with Crippen molar-refractivity contribution in [3.8, 4) is 0 Å². The van der Waals surface area contributed by atoms with Gasteiger partial charge in [0.25, 0.3) is 0 Å². The topological polar surface area (TPSA) is 35.6 Å². The van der Waals surface area contributed by atoms with E-state index < -0.39 is 0 Å². The number of amides is 1. The fraction of sp³-hybridized carbons (Fsp3) is 0.650. The molecule has 25 heavy (non-hydrogen) atoms. The third-order valence-corrected chi connectivity index (χ3v) is 5.57. The molecule has 0 unspecified atom stereocenters. The largest absolute Gasteiger partial charge is 0.380 e. The summed E-state index contributed by atoms with van der Waals surface area (Å²) in [7, 11) is 2.17. The number of hydrogen-bond donors (Lipinski definition) is 1. The van der Waals surface area contributed by atoms with Gasteiger partial charge in [0.15, 0.2) is 0 Å². The van der Waals surface area contributed by atoms with Crippen molar-refractivity contribution in [2.45, 2.75) is 44.6 Å². The molecule has 0 aromatic heterocycles. The number of likely N-dealkylation sites (tertiary alicyclic amines) is 2. The lowest BCUT2D eigenvalue weighted by Crippen LogP contribution is -2.45. The number of halogens is 1. The molecular formula is C20H30FN3O. The van der Waals surface area contributed by atoms with Gasteiger partial charge in [0.1, 0.15) is 5.82 Å². The average molecular weight is 347 g/mol. The van der Waals surface area contributed by atoms with Crippen molar-refractivity contribution < 1.29 is 9.18 Å². The van der Waals surface area contributed by atoms with Crippen LogP contribution in [0.1, 0.15) is 38.5 Å². The van der Waals surface area contributed by atoms with Gasteiger partial charge in [-0.1, -0.05) is 6.07 Å². The standard InChI is InChI=1S/C20H30FN3O/c1-23-12-9-16(10-13-23)7-8-20(25)24-11-3-6-19(15-24)22-18-5-2-4-17(21)14-18/h2,4-5,14,16,19,22H,3,6-13,15H2,1H3/t19-/m0/s1. The van der Waals surface area contributed by atoms with Crippen molar-refractivity contribution in [3.63, 3.8) is 0 Å². The normalized spacial score (nSPS) is 22.8. The van der Waals surface area contributed by atoms with Crippen molar-refractivity contribution in [2.75, 3.05) is 38.5 Å². The lowest BCUT2D eigenvalue weighted by Gasteiger charge is -2.34. The van der Waals surface area contributed by atoms with E-state index >= 15 is 0 Å². The Morgan fingerprint density at radius 1 is 1.24 bits per heavy atom. The quantitative estimate of drug-likeness (QED) is 0.887. The number of anilines is 1. The minimum absolute atomic E-state index is 0.211. The van der Waals surface area contributed by atoms with Crippen LogP contribution in [0.4, 0.5) is 10.1 Å². The Balaban J connectivity index is 1.45. The summed E-state index contributed by atoms with van der Waals surface area (Å²) in [6.45, 7) is 3.89. The van der Waals surface area contributed by atoms with E-state index in [0.29, 0.717) is 12.3 Å². The maximum Gasteiger partial charge on any atom is 0.222 e. The smallest absolute Gasteiger partial charge is 0.222 e.